The number of hydrogen-bond acceptors (Lipinski definition) is 3. The summed E-state index contributed by atoms with van der Waals surface area (Å²) in [7, 11) is 1.97. The van der Waals surface area contributed by atoms with E-state index in [2.05, 4.69) is 11.8 Å². The molecule has 2 aromatic rings. The maximum Gasteiger partial charge on any atom is 0.456 e. The summed E-state index contributed by atoms with van der Waals surface area (Å²) in [6, 6.07) is 10.6. The van der Waals surface area contributed by atoms with Crippen LogP contribution >= 0.6 is 0 Å². The average molecular weight is 434 g/mol. The normalized spacial score (nSPS) is 24.2. The van der Waals surface area contributed by atoms with Crippen molar-refractivity contribution >= 4 is 11.7 Å². The lowest BCUT2D eigenvalue weighted by atomic mass is 9.81. The van der Waals surface area contributed by atoms with Gasteiger partial charge in [-0.3, -0.25) is 14.6 Å². The molecule has 0 aliphatic carbocycles. The Bertz CT molecular complexity index is 986. The van der Waals surface area contributed by atoms with Gasteiger partial charge in [-0.25, -0.2) is 4.79 Å². The van der Waals surface area contributed by atoms with Crippen molar-refractivity contribution < 1.29 is 27.7 Å². The Morgan fingerprint density at radius 2 is 1.68 bits per heavy atom. The highest BCUT2D eigenvalue weighted by molar-refractivity contribution is 5.99. The summed E-state index contributed by atoms with van der Waals surface area (Å²) in [5.41, 5.74) is 1.85. The number of rotatable bonds is 3. The molecule has 5 nitrogen and oxygen atoms in total. The number of fused-ring (bicyclic) bond motifs is 2. The first-order valence-corrected chi connectivity index (χ1v) is 10.7. The number of aromatic nitrogens is 1. The Hall–Kier alpha value is -2.45. The van der Waals surface area contributed by atoms with E-state index in [4.69, 9.17) is 0 Å². The number of hydrogen-bond donors (Lipinski definition) is 1. The Labute approximate surface area is 179 Å². The molecular weight excluding hydrogens is 407 g/mol. The van der Waals surface area contributed by atoms with E-state index in [1.54, 1.807) is 6.07 Å². The summed E-state index contributed by atoms with van der Waals surface area (Å²) in [6.07, 6.45) is -2.69. The molecular formula is C23H27F3N3O2+. The largest absolute Gasteiger partial charge is 0.456 e. The molecule has 0 bridgehead atoms. The highest BCUT2D eigenvalue weighted by Crippen LogP contribution is 2.40. The van der Waals surface area contributed by atoms with Crippen LogP contribution < -0.4 is 4.90 Å². The van der Waals surface area contributed by atoms with Crippen LogP contribution in [0.2, 0.25) is 0 Å². The molecule has 1 N–H and O–H groups in total. The number of nitrogens with zero attached hydrogens (tertiary/aromatic N) is 2. The third kappa shape index (κ3) is 3.72. The van der Waals surface area contributed by atoms with E-state index in [1.807, 2.05) is 31.3 Å². The molecule has 1 aromatic heterocycles. The van der Waals surface area contributed by atoms with Crippen molar-refractivity contribution in [3.63, 3.8) is 0 Å². The smallest absolute Gasteiger partial charge is 0.339 e. The summed E-state index contributed by atoms with van der Waals surface area (Å²) in [4.78, 5) is 27.9. The van der Waals surface area contributed by atoms with Crippen molar-refractivity contribution in [2.45, 2.75) is 44.4 Å². The van der Waals surface area contributed by atoms with E-state index < -0.39 is 17.5 Å². The molecule has 1 aromatic carbocycles. The van der Waals surface area contributed by atoms with Crippen molar-refractivity contribution in [1.82, 2.24) is 9.47 Å². The zero-order valence-electron chi connectivity index (χ0n) is 17.8. The third-order valence-corrected chi connectivity index (χ3v) is 6.96. The van der Waals surface area contributed by atoms with Gasteiger partial charge >= 0.3 is 12.1 Å². The predicted octanol–water partition coefficient (Wildman–Crippen LogP) is 2.46. The Balaban J connectivity index is 1.56. The summed E-state index contributed by atoms with van der Waals surface area (Å²) >= 11 is 0. The van der Waals surface area contributed by atoms with E-state index in [1.165, 1.54) is 16.2 Å². The highest BCUT2D eigenvalue weighted by Gasteiger charge is 2.49. The molecule has 0 radical (unpaired) electrons. The molecule has 2 aliphatic heterocycles. The SMILES string of the molecule is CCc1ccc(C(=O)[NH+]2CCC3(CC2)c2ccc(C(=O)C(F)(F)F)n2CCN3C)cc1. The second-order valence-corrected chi connectivity index (χ2v) is 8.52. The number of alkyl halides is 3. The van der Waals surface area contributed by atoms with Crippen LogP contribution in [0.4, 0.5) is 13.2 Å². The number of amides is 1. The van der Waals surface area contributed by atoms with Crippen molar-refractivity contribution in [2.24, 2.45) is 0 Å². The molecule has 2 aliphatic rings. The van der Waals surface area contributed by atoms with Gasteiger partial charge in [-0.1, -0.05) is 19.1 Å². The van der Waals surface area contributed by atoms with E-state index in [0.717, 1.165) is 17.0 Å². The van der Waals surface area contributed by atoms with Gasteiger partial charge in [0.25, 0.3) is 5.78 Å². The summed E-state index contributed by atoms with van der Waals surface area (Å²) in [6.45, 7) is 4.15. The lowest BCUT2D eigenvalue weighted by Gasteiger charge is -2.49. The Morgan fingerprint density at radius 3 is 2.26 bits per heavy atom. The van der Waals surface area contributed by atoms with Gasteiger partial charge < -0.3 is 4.57 Å². The minimum absolute atomic E-state index is 0.0549. The predicted molar refractivity (Wildman–Crippen MR) is 109 cm³/mol. The van der Waals surface area contributed by atoms with Crippen LogP contribution in [0, 0.1) is 0 Å². The average Bonchev–Trinajstić information content (AvgIpc) is 3.20. The van der Waals surface area contributed by atoms with Crippen LogP contribution in [0.3, 0.4) is 0 Å². The fraction of sp³-hybridized carbons (Fsp3) is 0.478. The Kier molecular flexibility index (Phi) is 5.55. The minimum Gasteiger partial charge on any atom is -0.339 e. The quantitative estimate of drug-likeness (QED) is 0.755. The third-order valence-electron chi connectivity index (χ3n) is 6.96. The first-order chi connectivity index (χ1) is 14.7. The summed E-state index contributed by atoms with van der Waals surface area (Å²) in [5.74, 6) is -1.74. The van der Waals surface area contributed by atoms with Gasteiger partial charge in [0.15, 0.2) is 0 Å². The van der Waals surface area contributed by atoms with Gasteiger partial charge in [0.2, 0.25) is 0 Å². The van der Waals surface area contributed by atoms with Crippen molar-refractivity contribution in [2.75, 3.05) is 26.7 Å². The second-order valence-electron chi connectivity index (χ2n) is 8.52. The fourth-order valence-electron chi connectivity index (χ4n) is 5.04. The maximum atomic E-state index is 13.0. The molecule has 0 atom stereocenters. The lowest BCUT2D eigenvalue weighted by Crippen LogP contribution is -3.16. The number of ketones is 1. The molecule has 0 unspecified atom stereocenters. The molecule has 1 fully saturated rings. The number of benzene rings is 1. The van der Waals surface area contributed by atoms with Crippen LogP contribution in [-0.2, 0) is 18.5 Å². The molecule has 166 valence electrons. The molecule has 1 amide bonds. The van der Waals surface area contributed by atoms with Crippen LogP contribution in [0.15, 0.2) is 36.4 Å². The number of aryl methyl sites for hydroxylation is 1. The van der Waals surface area contributed by atoms with Crippen LogP contribution in [-0.4, -0.2) is 54.0 Å². The van der Waals surface area contributed by atoms with Crippen LogP contribution in [0.5, 0.6) is 0 Å². The molecule has 1 spiro atoms. The second kappa shape index (κ2) is 7.91. The van der Waals surface area contributed by atoms with E-state index in [9.17, 15) is 22.8 Å². The number of likely N-dealkylation sites (tertiary alicyclic amines) is 1. The van der Waals surface area contributed by atoms with Gasteiger partial charge in [0.1, 0.15) is 0 Å². The van der Waals surface area contributed by atoms with Gasteiger partial charge in [0, 0.05) is 31.6 Å². The van der Waals surface area contributed by atoms with Gasteiger partial charge in [-0.15, -0.1) is 0 Å². The zero-order valence-corrected chi connectivity index (χ0v) is 17.8. The number of nitrogens with one attached hydrogen (secondary N) is 1. The van der Waals surface area contributed by atoms with Gasteiger partial charge in [-0.2, -0.15) is 13.2 Å². The molecule has 3 heterocycles. The molecule has 31 heavy (non-hydrogen) atoms. The minimum atomic E-state index is -4.89. The molecule has 1 saturated heterocycles. The number of likely N-dealkylation sites (N-methyl/N-ethyl adjacent to an activating group) is 1. The monoisotopic (exact) mass is 434 g/mol. The number of Topliss-reactive ketones (excluding diaryl/α,β-unsaturated/α-hetero) is 1. The summed E-state index contributed by atoms with van der Waals surface area (Å²) in [5, 5.41) is 0. The number of halogens is 3. The zero-order chi connectivity index (χ0) is 22.4. The highest BCUT2D eigenvalue weighted by atomic mass is 19.4. The van der Waals surface area contributed by atoms with Gasteiger partial charge in [-0.05, 0) is 43.3 Å². The lowest BCUT2D eigenvalue weighted by molar-refractivity contribution is -0.823. The van der Waals surface area contributed by atoms with E-state index in [-0.39, 0.29) is 11.6 Å². The topological polar surface area (TPSA) is 46.8 Å². The fourth-order valence-corrected chi connectivity index (χ4v) is 5.04. The number of piperidine rings is 1. The van der Waals surface area contributed by atoms with Crippen molar-refractivity contribution in [1.29, 1.82) is 0 Å². The molecule has 8 heteroatoms. The first kappa shape index (κ1) is 21.8. The van der Waals surface area contributed by atoms with Crippen molar-refractivity contribution in [3.05, 3.63) is 58.9 Å². The number of carbonyl (C=O) groups excluding carboxylic acids is 2. The van der Waals surface area contributed by atoms with Crippen LogP contribution in [0.25, 0.3) is 0 Å². The van der Waals surface area contributed by atoms with Gasteiger partial charge in [0.05, 0.1) is 29.9 Å². The summed E-state index contributed by atoms with van der Waals surface area (Å²) < 4.78 is 40.6. The van der Waals surface area contributed by atoms with E-state index in [0.29, 0.717) is 44.6 Å². The van der Waals surface area contributed by atoms with Crippen molar-refractivity contribution in [3.8, 4) is 0 Å². The van der Waals surface area contributed by atoms with E-state index >= 15 is 0 Å². The molecule has 4 rings (SSSR count). The van der Waals surface area contributed by atoms with Crippen LogP contribution in [0.1, 0.15) is 51.9 Å². The number of quaternary nitrogens is 1. The first-order valence-electron chi connectivity index (χ1n) is 10.7. The maximum absolute atomic E-state index is 13.0. The number of carbonyl (C=O) groups is 2. The standard InChI is InChI=1S/C23H26F3N3O2/c1-3-16-4-6-17(7-5-16)21(31)28-12-10-22(11-13-28)19-9-8-18(20(30)23(24,25)26)29(19)15-14-27(22)2/h4-9H,3,10-15H2,1-2H3/p+1. The molecule has 0 saturated carbocycles. The Morgan fingerprint density at radius 1 is 1.03 bits per heavy atom.